The van der Waals surface area contributed by atoms with Crippen LogP contribution in [0.5, 0.6) is 0 Å². The normalized spacial score (nSPS) is 50.8. The first-order valence-electron chi connectivity index (χ1n) is 9.52. The molecule has 0 aromatic carbocycles. The molecule has 0 aromatic heterocycles. The van der Waals surface area contributed by atoms with Crippen LogP contribution in [-0.4, -0.2) is 41.6 Å². The summed E-state index contributed by atoms with van der Waals surface area (Å²) in [6.45, 7) is 7.24. The second kappa shape index (κ2) is 4.54. The Balaban J connectivity index is 1.79. The molecule has 2 heterocycles. The van der Waals surface area contributed by atoms with E-state index in [1.807, 2.05) is 12.2 Å². The molecule has 0 N–H and O–H groups in total. The summed E-state index contributed by atoms with van der Waals surface area (Å²) in [5, 5.41) is 0. The maximum atomic E-state index is 14.0. The third-order valence-corrected chi connectivity index (χ3v) is 7.70. The van der Waals surface area contributed by atoms with Crippen LogP contribution in [0.2, 0.25) is 0 Å². The zero-order valence-electron chi connectivity index (χ0n) is 16.0. The molecular weight excluding hydrogens is 348 g/mol. The van der Waals surface area contributed by atoms with Crippen LogP contribution in [0.25, 0.3) is 0 Å². The second-order valence-corrected chi connectivity index (χ2v) is 9.49. The summed E-state index contributed by atoms with van der Waals surface area (Å²) in [4.78, 5) is 38.9. The third-order valence-electron chi connectivity index (χ3n) is 7.70. The van der Waals surface area contributed by atoms with Crippen molar-refractivity contribution in [2.75, 3.05) is 6.61 Å². The van der Waals surface area contributed by atoms with Crippen LogP contribution < -0.4 is 0 Å². The highest BCUT2D eigenvalue weighted by molar-refractivity contribution is 6.06. The highest BCUT2D eigenvalue weighted by Crippen LogP contribution is 2.74. The number of carbonyl (C=O) groups is 3. The van der Waals surface area contributed by atoms with Gasteiger partial charge in [-0.2, -0.15) is 0 Å². The first-order valence-corrected chi connectivity index (χ1v) is 9.52. The molecule has 4 aliphatic carbocycles. The van der Waals surface area contributed by atoms with Crippen molar-refractivity contribution in [3.63, 3.8) is 0 Å². The highest BCUT2D eigenvalue weighted by atomic mass is 16.6. The standard InChI is InChI=1S/C21H24O6/c1-12(22)26-18(4)13-6-9-20(14(18)23)19-8-5-7-17(2,3)15(19)27-21(20,10-13)16(24)25-11-19/h5-7,9,13,15H,8,10-11H2,1-4H3/t13-,15-,18+,19+,20-,21+/m1/s1. The summed E-state index contributed by atoms with van der Waals surface area (Å²) in [6.07, 6.45) is 8.51. The van der Waals surface area contributed by atoms with Gasteiger partial charge in [0.1, 0.15) is 12.0 Å². The summed E-state index contributed by atoms with van der Waals surface area (Å²) >= 11 is 0. The van der Waals surface area contributed by atoms with Crippen LogP contribution in [0.1, 0.15) is 40.5 Å². The zero-order valence-corrected chi connectivity index (χ0v) is 16.0. The molecule has 0 unspecified atom stereocenters. The molecule has 27 heavy (non-hydrogen) atoms. The summed E-state index contributed by atoms with van der Waals surface area (Å²) < 4.78 is 17.8. The van der Waals surface area contributed by atoms with Gasteiger partial charge in [0, 0.05) is 18.3 Å². The molecule has 0 amide bonds. The van der Waals surface area contributed by atoms with Crippen molar-refractivity contribution < 1.29 is 28.6 Å². The Morgan fingerprint density at radius 3 is 2.67 bits per heavy atom. The number of carbonyl (C=O) groups excluding carboxylic acids is 3. The Labute approximate surface area is 157 Å². The Hall–Kier alpha value is -1.95. The van der Waals surface area contributed by atoms with Gasteiger partial charge in [0.05, 0.1) is 11.5 Å². The maximum absolute atomic E-state index is 14.0. The van der Waals surface area contributed by atoms with E-state index < -0.39 is 39.9 Å². The van der Waals surface area contributed by atoms with E-state index in [4.69, 9.17) is 14.2 Å². The highest BCUT2D eigenvalue weighted by Gasteiger charge is 2.87. The van der Waals surface area contributed by atoms with Crippen molar-refractivity contribution in [2.24, 2.45) is 22.2 Å². The molecule has 6 nitrogen and oxygen atoms in total. The first-order chi connectivity index (χ1) is 12.6. The van der Waals surface area contributed by atoms with Crippen molar-refractivity contribution >= 4 is 17.7 Å². The molecule has 4 bridgehead atoms. The van der Waals surface area contributed by atoms with E-state index in [2.05, 4.69) is 26.0 Å². The lowest BCUT2D eigenvalue weighted by Gasteiger charge is -2.61. The monoisotopic (exact) mass is 372 g/mol. The topological polar surface area (TPSA) is 78.9 Å². The lowest BCUT2D eigenvalue weighted by Crippen LogP contribution is -2.76. The molecule has 3 fully saturated rings. The van der Waals surface area contributed by atoms with Crippen LogP contribution >= 0.6 is 0 Å². The van der Waals surface area contributed by atoms with Crippen LogP contribution in [0.4, 0.5) is 0 Å². The molecule has 6 rings (SSSR count). The summed E-state index contributed by atoms with van der Waals surface area (Å²) in [7, 11) is 0. The van der Waals surface area contributed by atoms with E-state index in [1.54, 1.807) is 6.92 Å². The number of allylic oxidation sites excluding steroid dienone is 1. The van der Waals surface area contributed by atoms with E-state index >= 15 is 0 Å². The fourth-order valence-electron chi connectivity index (χ4n) is 6.65. The molecule has 0 aromatic rings. The second-order valence-electron chi connectivity index (χ2n) is 9.49. The molecule has 6 atom stereocenters. The molecule has 2 aliphatic heterocycles. The van der Waals surface area contributed by atoms with Gasteiger partial charge < -0.3 is 14.2 Å². The smallest absolute Gasteiger partial charge is 0.339 e. The van der Waals surface area contributed by atoms with E-state index in [0.717, 1.165) is 0 Å². The van der Waals surface area contributed by atoms with E-state index in [0.29, 0.717) is 6.42 Å². The van der Waals surface area contributed by atoms with Gasteiger partial charge in [0.2, 0.25) is 0 Å². The number of Topliss-reactive ketones (excluding diaryl/α,β-unsaturated/α-hetero) is 1. The van der Waals surface area contributed by atoms with Crippen molar-refractivity contribution in [2.45, 2.75) is 57.8 Å². The van der Waals surface area contributed by atoms with E-state index in [-0.39, 0.29) is 30.3 Å². The number of ketones is 1. The first kappa shape index (κ1) is 17.2. The van der Waals surface area contributed by atoms with Crippen LogP contribution in [0.15, 0.2) is 24.3 Å². The molecule has 2 spiro atoms. The molecule has 144 valence electrons. The van der Waals surface area contributed by atoms with E-state index in [9.17, 15) is 14.4 Å². The quantitative estimate of drug-likeness (QED) is 0.518. The van der Waals surface area contributed by atoms with Gasteiger partial charge in [-0.15, -0.1) is 0 Å². The Morgan fingerprint density at radius 1 is 1.22 bits per heavy atom. The van der Waals surface area contributed by atoms with Gasteiger partial charge in [-0.25, -0.2) is 4.79 Å². The minimum absolute atomic E-state index is 0.128. The van der Waals surface area contributed by atoms with Gasteiger partial charge in [-0.3, -0.25) is 9.59 Å². The van der Waals surface area contributed by atoms with Gasteiger partial charge in [0.25, 0.3) is 0 Å². The van der Waals surface area contributed by atoms with Gasteiger partial charge in [0.15, 0.2) is 17.0 Å². The molecule has 6 heteroatoms. The van der Waals surface area contributed by atoms with Gasteiger partial charge in [-0.1, -0.05) is 38.2 Å². The minimum atomic E-state index is -1.34. The predicted octanol–water partition coefficient (Wildman–Crippen LogP) is 2.12. The molecular formula is C21H24O6. The van der Waals surface area contributed by atoms with E-state index in [1.165, 1.54) is 6.92 Å². The number of esters is 2. The fourth-order valence-corrected chi connectivity index (χ4v) is 6.65. The lowest BCUT2D eigenvalue weighted by molar-refractivity contribution is -0.221. The summed E-state index contributed by atoms with van der Waals surface area (Å²) in [5.41, 5.74) is -4.86. The largest absolute Gasteiger partial charge is 0.463 e. The van der Waals surface area contributed by atoms with Crippen LogP contribution in [-0.2, 0) is 28.6 Å². The van der Waals surface area contributed by atoms with Crippen molar-refractivity contribution in [3.8, 4) is 0 Å². The molecule has 1 saturated carbocycles. The van der Waals surface area contributed by atoms with Crippen molar-refractivity contribution in [3.05, 3.63) is 24.3 Å². The number of hydrogen-bond donors (Lipinski definition) is 0. The number of hydrogen-bond acceptors (Lipinski definition) is 6. The van der Waals surface area contributed by atoms with Crippen molar-refractivity contribution in [1.29, 1.82) is 0 Å². The molecule has 6 aliphatic rings. The SMILES string of the molecule is CC(=O)O[C@]1(C)C(=O)[C@@]23C=C[C@@H]1C[C@@]21O[C@@H]2C(C)(C)C=CC[C@]23COC1=O. The number of rotatable bonds is 1. The van der Waals surface area contributed by atoms with Gasteiger partial charge >= 0.3 is 11.9 Å². The average Bonchev–Trinajstić information content (AvgIpc) is 2.79. The Kier molecular flexibility index (Phi) is 2.89. The fraction of sp³-hybridized carbons (Fsp3) is 0.667. The number of ether oxygens (including phenoxy) is 3. The minimum Gasteiger partial charge on any atom is -0.463 e. The Morgan fingerprint density at radius 2 is 1.96 bits per heavy atom. The predicted molar refractivity (Wildman–Crippen MR) is 93.4 cm³/mol. The van der Waals surface area contributed by atoms with Crippen LogP contribution in [0.3, 0.4) is 0 Å². The Bertz CT molecular complexity index is 855. The summed E-state index contributed by atoms with van der Waals surface area (Å²) in [5.74, 6) is -1.61. The zero-order chi connectivity index (χ0) is 19.5. The third kappa shape index (κ3) is 1.54. The molecule has 2 saturated heterocycles. The number of fused-ring (bicyclic) bond motifs is 1. The van der Waals surface area contributed by atoms with Crippen LogP contribution in [0, 0.1) is 22.2 Å². The maximum Gasteiger partial charge on any atom is 0.339 e. The van der Waals surface area contributed by atoms with Crippen molar-refractivity contribution in [1.82, 2.24) is 0 Å². The molecule has 0 radical (unpaired) electrons. The number of cyclic esters (lactones) is 1. The van der Waals surface area contributed by atoms with Gasteiger partial charge in [-0.05, 0) is 19.8 Å². The average molecular weight is 372 g/mol. The summed E-state index contributed by atoms with van der Waals surface area (Å²) in [6, 6.07) is 0. The lowest BCUT2D eigenvalue weighted by atomic mass is 9.40.